The Hall–Kier alpha value is -1.99. The lowest BCUT2D eigenvalue weighted by atomic mass is 10.2. The summed E-state index contributed by atoms with van der Waals surface area (Å²) in [6.45, 7) is 1.34. The number of aliphatic hydroxyl groups is 1. The molecule has 0 saturated carbocycles. The lowest BCUT2D eigenvalue weighted by Crippen LogP contribution is -2.22. The molecule has 0 amide bonds. The fourth-order valence-corrected chi connectivity index (χ4v) is 3.10. The summed E-state index contributed by atoms with van der Waals surface area (Å²) in [5.74, 6) is 1.31. The number of aromatic nitrogens is 2. The molecule has 1 atom stereocenters. The van der Waals surface area contributed by atoms with E-state index in [4.69, 9.17) is 0 Å². The molecule has 1 N–H and O–H groups in total. The maximum Gasteiger partial charge on any atom is 0.175 e. The molecule has 0 aliphatic carbocycles. The summed E-state index contributed by atoms with van der Waals surface area (Å²) in [5, 5.41) is 9.61. The molecule has 1 aromatic carbocycles. The normalized spacial score (nSPS) is 18.6. The van der Waals surface area contributed by atoms with Crippen LogP contribution in [0, 0.1) is 0 Å². The van der Waals surface area contributed by atoms with E-state index in [9.17, 15) is 13.5 Å². The van der Waals surface area contributed by atoms with E-state index < -0.39 is 9.84 Å². The van der Waals surface area contributed by atoms with Gasteiger partial charge in [0.1, 0.15) is 5.82 Å². The highest BCUT2D eigenvalue weighted by Crippen LogP contribution is 2.22. The first-order chi connectivity index (χ1) is 10.4. The Morgan fingerprint density at radius 1 is 1.23 bits per heavy atom. The lowest BCUT2D eigenvalue weighted by molar-refractivity contribution is 0.198. The van der Waals surface area contributed by atoms with Gasteiger partial charge >= 0.3 is 0 Å². The van der Waals surface area contributed by atoms with Crippen molar-refractivity contribution < 1.29 is 13.5 Å². The molecular formula is C15H17N3O3S. The van der Waals surface area contributed by atoms with Crippen LogP contribution in [0.2, 0.25) is 0 Å². The van der Waals surface area contributed by atoms with E-state index in [1.54, 1.807) is 30.5 Å². The second-order valence-corrected chi connectivity index (χ2v) is 7.44. The van der Waals surface area contributed by atoms with Gasteiger partial charge in [-0.05, 0) is 36.8 Å². The quantitative estimate of drug-likeness (QED) is 0.913. The van der Waals surface area contributed by atoms with Crippen LogP contribution in [0.15, 0.2) is 41.4 Å². The van der Waals surface area contributed by atoms with Crippen LogP contribution in [0.25, 0.3) is 11.4 Å². The van der Waals surface area contributed by atoms with E-state index in [2.05, 4.69) is 9.97 Å². The first-order valence-electron chi connectivity index (χ1n) is 7.00. The average Bonchev–Trinajstić information content (AvgIpc) is 2.93. The van der Waals surface area contributed by atoms with Gasteiger partial charge in [0.2, 0.25) is 0 Å². The van der Waals surface area contributed by atoms with Crippen LogP contribution >= 0.6 is 0 Å². The number of hydrogen-bond acceptors (Lipinski definition) is 6. The van der Waals surface area contributed by atoms with Gasteiger partial charge in [-0.3, -0.25) is 0 Å². The van der Waals surface area contributed by atoms with Gasteiger partial charge in [0.25, 0.3) is 0 Å². The summed E-state index contributed by atoms with van der Waals surface area (Å²) >= 11 is 0. The van der Waals surface area contributed by atoms with E-state index in [0.29, 0.717) is 12.4 Å². The molecule has 1 aliphatic rings. The van der Waals surface area contributed by atoms with Gasteiger partial charge in [-0.2, -0.15) is 0 Å². The van der Waals surface area contributed by atoms with Crippen molar-refractivity contribution in [2.45, 2.75) is 17.4 Å². The number of aliphatic hydroxyl groups excluding tert-OH is 1. The lowest BCUT2D eigenvalue weighted by Gasteiger charge is -2.16. The Labute approximate surface area is 129 Å². The molecule has 0 bridgehead atoms. The number of nitrogens with zero attached hydrogens (tertiary/aromatic N) is 3. The van der Waals surface area contributed by atoms with Crippen LogP contribution in [0.5, 0.6) is 0 Å². The van der Waals surface area contributed by atoms with Gasteiger partial charge in [-0.25, -0.2) is 18.4 Å². The molecule has 0 radical (unpaired) electrons. The predicted molar refractivity (Wildman–Crippen MR) is 83.4 cm³/mol. The molecule has 7 heteroatoms. The molecule has 116 valence electrons. The fourth-order valence-electron chi connectivity index (χ4n) is 2.47. The number of rotatable bonds is 3. The van der Waals surface area contributed by atoms with Crippen LogP contribution in [0.1, 0.15) is 6.42 Å². The van der Waals surface area contributed by atoms with Crippen molar-refractivity contribution >= 4 is 15.7 Å². The molecule has 1 aliphatic heterocycles. The molecule has 6 nitrogen and oxygen atoms in total. The highest BCUT2D eigenvalue weighted by atomic mass is 32.2. The number of hydrogen-bond donors (Lipinski definition) is 1. The summed E-state index contributed by atoms with van der Waals surface area (Å²) in [5.41, 5.74) is 0.758. The highest BCUT2D eigenvalue weighted by molar-refractivity contribution is 7.90. The Kier molecular flexibility index (Phi) is 3.84. The topological polar surface area (TPSA) is 83.4 Å². The third kappa shape index (κ3) is 3.10. The first kappa shape index (κ1) is 14.9. The molecule has 1 saturated heterocycles. The summed E-state index contributed by atoms with van der Waals surface area (Å²) in [6, 6.07) is 8.33. The Morgan fingerprint density at radius 3 is 2.55 bits per heavy atom. The van der Waals surface area contributed by atoms with Crippen molar-refractivity contribution in [1.82, 2.24) is 9.97 Å². The highest BCUT2D eigenvalue weighted by Gasteiger charge is 2.21. The maximum absolute atomic E-state index is 11.5. The van der Waals surface area contributed by atoms with Crippen molar-refractivity contribution in [2.24, 2.45) is 0 Å². The summed E-state index contributed by atoms with van der Waals surface area (Å²) in [4.78, 5) is 11.0. The molecule has 1 fully saturated rings. The predicted octanol–water partition coefficient (Wildman–Crippen LogP) is 1.12. The minimum atomic E-state index is -3.21. The second kappa shape index (κ2) is 5.66. The number of β-amino-alcohol motifs (C(OH)–C–C–N with tert-alkyl or cyclic N) is 1. The Balaban J connectivity index is 1.89. The van der Waals surface area contributed by atoms with E-state index in [-0.39, 0.29) is 11.0 Å². The minimum absolute atomic E-state index is 0.273. The molecular weight excluding hydrogens is 302 g/mol. The Bertz CT molecular complexity index is 775. The average molecular weight is 319 g/mol. The summed E-state index contributed by atoms with van der Waals surface area (Å²) in [6.07, 6.45) is 3.28. The minimum Gasteiger partial charge on any atom is -0.391 e. The smallest absolute Gasteiger partial charge is 0.175 e. The number of anilines is 1. The van der Waals surface area contributed by atoms with E-state index in [1.807, 2.05) is 11.0 Å². The van der Waals surface area contributed by atoms with Crippen LogP contribution in [0.3, 0.4) is 0 Å². The molecule has 1 aromatic heterocycles. The third-order valence-corrected chi connectivity index (χ3v) is 4.80. The number of benzene rings is 1. The van der Waals surface area contributed by atoms with Crippen LogP contribution in [-0.4, -0.2) is 48.9 Å². The van der Waals surface area contributed by atoms with E-state index >= 15 is 0 Å². The monoisotopic (exact) mass is 319 g/mol. The van der Waals surface area contributed by atoms with Gasteiger partial charge in [-0.1, -0.05) is 0 Å². The van der Waals surface area contributed by atoms with Crippen LogP contribution < -0.4 is 4.90 Å². The zero-order valence-electron chi connectivity index (χ0n) is 12.2. The van der Waals surface area contributed by atoms with Crippen molar-refractivity contribution in [3.8, 4) is 11.4 Å². The van der Waals surface area contributed by atoms with Gasteiger partial charge in [0.05, 0.1) is 11.0 Å². The van der Waals surface area contributed by atoms with Crippen molar-refractivity contribution in [1.29, 1.82) is 0 Å². The van der Waals surface area contributed by atoms with Crippen molar-refractivity contribution in [3.05, 3.63) is 36.5 Å². The largest absolute Gasteiger partial charge is 0.391 e. The molecule has 0 unspecified atom stereocenters. The van der Waals surface area contributed by atoms with Crippen LogP contribution in [-0.2, 0) is 9.84 Å². The van der Waals surface area contributed by atoms with E-state index in [1.165, 1.54) is 6.26 Å². The maximum atomic E-state index is 11.5. The molecule has 22 heavy (non-hydrogen) atoms. The van der Waals surface area contributed by atoms with E-state index in [0.717, 1.165) is 24.3 Å². The van der Waals surface area contributed by atoms with Crippen molar-refractivity contribution in [3.63, 3.8) is 0 Å². The van der Waals surface area contributed by atoms with Crippen LogP contribution in [0.4, 0.5) is 5.82 Å². The zero-order chi connectivity index (χ0) is 15.7. The molecule has 3 rings (SSSR count). The fraction of sp³-hybridized carbons (Fsp3) is 0.333. The van der Waals surface area contributed by atoms with Gasteiger partial charge in [0, 0.05) is 31.1 Å². The van der Waals surface area contributed by atoms with Gasteiger partial charge in [-0.15, -0.1) is 0 Å². The first-order valence-corrected chi connectivity index (χ1v) is 8.89. The molecule has 2 aromatic rings. The Morgan fingerprint density at radius 2 is 1.95 bits per heavy atom. The third-order valence-electron chi connectivity index (χ3n) is 3.67. The van der Waals surface area contributed by atoms with Crippen molar-refractivity contribution in [2.75, 3.05) is 24.2 Å². The zero-order valence-corrected chi connectivity index (χ0v) is 13.0. The molecule has 2 heterocycles. The molecule has 0 spiro atoms. The SMILES string of the molecule is CS(=O)(=O)c1ccc(-c2nccc(N3CC[C@H](O)C3)n2)cc1. The summed E-state index contributed by atoms with van der Waals surface area (Å²) in [7, 11) is -3.21. The standard InChI is InChI=1S/C15H17N3O3S/c1-22(20,21)13-4-2-11(3-5-13)15-16-8-6-14(17-15)18-9-7-12(19)10-18/h2-6,8,12,19H,7,9-10H2,1H3/t12-/m0/s1. The summed E-state index contributed by atoms with van der Waals surface area (Å²) < 4.78 is 23.0. The number of sulfone groups is 1. The van der Waals surface area contributed by atoms with Gasteiger partial charge in [0.15, 0.2) is 15.7 Å². The van der Waals surface area contributed by atoms with Gasteiger partial charge < -0.3 is 10.0 Å². The second-order valence-electron chi connectivity index (χ2n) is 5.42.